The van der Waals surface area contributed by atoms with Gasteiger partial charge in [-0.05, 0) is 62.2 Å². The first-order chi connectivity index (χ1) is 16.0. The van der Waals surface area contributed by atoms with Crippen molar-refractivity contribution in [3.05, 3.63) is 89.7 Å². The fraction of sp³-hybridized carbons (Fsp3) is 0.259. The summed E-state index contributed by atoms with van der Waals surface area (Å²) < 4.78 is 13.8. The number of hydrogen-bond donors (Lipinski definition) is 1. The zero-order valence-corrected chi connectivity index (χ0v) is 19.2. The molecule has 1 N–H and O–H groups in total. The molecule has 0 aliphatic rings. The van der Waals surface area contributed by atoms with E-state index in [4.69, 9.17) is 14.5 Å². The van der Waals surface area contributed by atoms with Crippen LogP contribution < -0.4 is 14.8 Å². The Morgan fingerprint density at radius 2 is 1.76 bits per heavy atom. The number of carbonyl (C=O) groups is 1. The number of nitrogens with one attached hydrogen (secondary N) is 1. The minimum atomic E-state index is -0.288. The van der Waals surface area contributed by atoms with E-state index >= 15 is 0 Å². The van der Waals surface area contributed by atoms with Crippen LogP contribution in [0.3, 0.4) is 0 Å². The first kappa shape index (κ1) is 22.4. The second-order valence-electron chi connectivity index (χ2n) is 8.12. The highest BCUT2D eigenvalue weighted by Crippen LogP contribution is 2.22. The van der Waals surface area contributed by atoms with Gasteiger partial charge in [-0.1, -0.05) is 42.5 Å². The second kappa shape index (κ2) is 10.2. The zero-order valence-electron chi connectivity index (χ0n) is 19.2. The third-order valence-corrected chi connectivity index (χ3v) is 5.48. The van der Waals surface area contributed by atoms with Gasteiger partial charge in [0.15, 0.2) is 6.61 Å². The van der Waals surface area contributed by atoms with Gasteiger partial charge in [0, 0.05) is 0 Å². The van der Waals surface area contributed by atoms with Crippen molar-refractivity contribution in [1.82, 2.24) is 14.9 Å². The number of para-hydroxylation sites is 3. The number of imidazole rings is 1. The van der Waals surface area contributed by atoms with Crippen LogP contribution in [0.5, 0.6) is 11.5 Å². The lowest BCUT2D eigenvalue weighted by molar-refractivity contribution is -0.123. The summed E-state index contributed by atoms with van der Waals surface area (Å²) in [5.41, 5.74) is 3.99. The third kappa shape index (κ3) is 5.52. The van der Waals surface area contributed by atoms with Gasteiger partial charge in [-0.25, -0.2) is 4.98 Å². The van der Waals surface area contributed by atoms with Gasteiger partial charge in [0.2, 0.25) is 0 Å². The molecule has 0 saturated heterocycles. The molecule has 0 radical (unpaired) electrons. The van der Waals surface area contributed by atoms with Crippen LogP contribution in [0, 0.1) is 13.8 Å². The van der Waals surface area contributed by atoms with Crippen LogP contribution >= 0.6 is 0 Å². The standard InChI is InChI=1S/C27H29N3O3/c1-19-13-14-20(2)25(17-19)33-18-26(31)28-21(3)27-29-23-11-7-8-12-24(23)30(27)15-16-32-22-9-5-4-6-10-22/h4-14,17,21H,15-16,18H2,1-3H3,(H,28,31). The van der Waals surface area contributed by atoms with Crippen LogP contribution in [0.1, 0.15) is 29.9 Å². The summed E-state index contributed by atoms with van der Waals surface area (Å²) in [4.78, 5) is 17.4. The third-order valence-electron chi connectivity index (χ3n) is 5.48. The Balaban J connectivity index is 1.44. The average molecular weight is 444 g/mol. The van der Waals surface area contributed by atoms with Crippen molar-refractivity contribution in [3.63, 3.8) is 0 Å². The largest absolute Gasteiger partial charge is 0.492 e. The van der Waals surface area contributed by atoms with Crippen molar-refractivity contribution in [2.24, 2.45) is 0 Å². The van der Waals surface area contributed by atoms with Crippen LogP contribution in [-0.4, -0.2) is 28.7 Å². The number of ether oxygens (including phenoxy) is 2. The van der Waals surface area contributed by atoms with Gasteiger partial charge in [-0.2, -0.15) is 0 Å². The lowest BCUT2D eigenvalue weighted by Gasteiger charge is -2.17. The number of amides is 1. The van der Waals surface area contributed by atoms with E-state index in [1.54, 1.807) is 0 Å². The van der Waals surface area contributed by atoms with Gasteiger partial charge < -0.3 is 19.4 Å². The summed E-state index contributed by atoms with van der Waals surface area (Å²) in [5.74, 6) is 2.15. The van der Waals surface area contributed by atoms with Crippen molar-refractivity contribution in [1.29, 1.82) is 0 Å². The van der Waals surface area contributed by atoms with Crippen LogP contribution in [-0.2, 0) is 11.3 Å². The van der Waals surface area contributed by atoms with E-state index in [-0.39, 0.29) is 18.6 Å². The Hall–Kier alpha value is -3.80. The molecule has 4 rings (SSSR count). The van der Waals surface area contributed by atoms with E-state index in [0.29, 0.717) is 13.2 Å². The molecule has 0 bridgehead atoms. The number of nitrogens with zero attached hydrogens (tertiary/aromatic N) is 2. The minimum Gasteiger partial charge on any atom is -0.492 e. The van der Waals surface area contributed by atoms with Gasteiger partial charge in [-0.3, -0.25) is 4.79 Å². The SMILES string of the molecule is Cc1ccc(C)c(OCC(=O)NC(C)c2nc3ccccc3n2CCOc2ccccc2)c1. The predicted molar refractivity (Wildman–Crippen MR) is 130 cm³/mol. The Labute approximate surface area is 194 Å². The van der Waals surface area contributed by atoms with Crippen LogP contribution in [0.25, 0.3) is 11.0 Å². The maximum atomic E-state index is 12.6. The maximum absolute atomic E-state index is 12.6. The first-order valence-corrected chi connectivity index (χ1v) is 11.1. The van der Waals surface area contributed by atoms with Crippen molar-refractivity contribution in [2.45, 2.75) is 33.4 Å². The molecule has 6 heteroatoms. The zero-order chi connectivity index (χ0) is 23.2. The van der Waals surface area contributed by atoms with Gasteiger partial charge in [-0.15, -0.1) is 0 Å². The molecule has 3 aromatic carbocycles. The lowest BCUT2D eigenvalue weighted by Crippen LogP contribution is -2.33. The van der Waals surface area contributed by atoms with Gasteiger partial charge in [0.05, 0.1) is 23.6 Å². The summed E-state index contributed by atoms with van der Waals surface area (Å²) in [6.07, 6.45) is 0. The van der Waals surface area contributed by atoms with E-state index in [2.05, 4.69) is 9.88 Å². The molecule has 0 fully saturated rings. The van der Waals surface area contributed by atoms with Gasteiger partial charge in [0.25, 0.3) is 5.91 Å². The molecule has 170 valence electrons. The van der Waals surface area contributed by atoms with Crippen molar-refractivity contribution in [3.8, 4) is 11.5 Å². The minimum absolute atomic E-state index is 0.0496. The predicted octanol–water partition coefficient (Wildman–Crippen LogP) is 4.99. The molecule has 0 aliphatic heterocycles. The lowest BCUT2D eigenvalue weighted by atomic mass is 10.1. The van der Waals surface area contributed by atoms with Gasteiger partial charge >= 0.3 is 0 Å². The fourth-order valence-electron chi connectivity index (χ4n) is 3.79. The van der Waals surface area contributed by atoms with E-state index in [0.717, 1.165) is 39.5 Å². The van der Waals surface area contributed by atoms with E-state index in [9.17, 15) is 4.79 Å². The Bertz CT molecular complexity index is 1230. The molecule has 0 saturated carbocycles. The van der Waals surface area contributed by atoms with Crippen LogP contribution in [0.2, 0.25) is 0 Å². The van der Waals surface area contributed by atoms with Gasteiger partial charge in [0.1, 0.15) is 23.9 Å². The van der Waals surface area contributed by atoms with E-state index in [1.807, 2.05) is 93.6 Å². The quantitative estimate of drug-likeness (QED) is 0.396. The van der Waals surface area contributed by atoms with Crippen molar-refractivity contribution < 1.29 is 14.3 Å². The molecule has 1 amide bonds. The molecular formula is C27H29N3O3. The fourth-order valence-corrected chi connectivity index (χ4v) is 3.79. The molecule has 0 spiro atoms. The summed E-state index contributed by atoms with van der Waals surface area (Å²) in [7, 11) is 0. The number of hydrogen-bond acceptors (Lipinski definition) is 4. The maximum Gasteiger partial charge on any atom is 0.258 e. The molecule has 6 nitrogen and oxygen atoms in total. The Morgan fingerprint density at radius 3 is 2.58 bits per heavy atom. The number of fused-ring (bicyclic) bond motifs is 1. The Morgan fingerprint density at radius 1 is 1.00 bits per heavy atom. The molecule has 1 atom stereocenters. The van der Waals surface area contributed by atoms with E-state index in [1.165, 1.54) is 0 Å². The van der Waals surface area contributed by atoms with Crippen LogP contribution in [0.15, 0.2) is 72.8 Å². The normalized spacial score (nSPS) is 11.8. The second-order valence-corrected chi connectivity index (χ2v) is 8.12. The van der Waals surface area contributed by atoms with E-state index < -0.39 is 0 Å². The highest BCUT2D eigenvalue weighted by molar-refractivity contribution is 5.79. The number of benzene rings is 3. The average Bonchev–Trinajstić information content (AvgIpc) is 3.19. The summed E-state index contributed by atoms with van der Waals surface area (Å²) in [6, 6.07) is 23.4. The molecule has 1 aromatic heterocycles. The summed E-state index contributed by atoms with van der Waals surface area (Å²) in [6.45, 7) is 6.96. The first-order valence-electron chi connectivity index (χ1n) is 11.1. The molecule has 4 aromatic rings. The van der Waals surface area contributed by atoms with Crippen LogP contribution in [0.4, 0.5) is 0 Å². The summed E-state index contributed by atoms with van der Waals surface area (Å²) >= 11 is 0. The van der Waals surface area contributed by atoms with Crippen molar-refractivity contribution >= 4 is 16.9 Å². The smallest absolute Gasteiger partial charge is 0.258 e. The molecular weight excluding hydrogens is 414 g/mol. The summed E-state index contributed by atoms with van der Waals surface area (Å²) in [5, 5.41) is 3.02. The molecule has 0 aliphatic carbocycles. The molecule has 33 heavy (non-hydrogen) atoms. The number of rotatable bonds is 9. The number of aryl methyl sites for hydroxylation is 2. The number of carbonyl (C=O) groups excluding carboxylic acids is 1. The highest BCUT2D eigenvalue weighted by Gasteiger charge is 2.19. The topological polar surface area (TPSA) is 65.4 Å². The molecule has 1 unspecified atom stereocenters. The van der Waals surface area contributed by atoms with Crippen molar-refractivity contribution in [2.75, 3.05) is 13.2 Å². The molecule has 1 heterocycles. The highest BCUT2D eigenvalue weighted by atomic mass is 16.5. The Kier molecular flexibility index (Phi) is 6.93. The number of aromatic nitrogens is 2. The monoisotopic (exact) mass is 443 g/mol.